The van der Waals surface area contributed by atoms with Crippen molar-refractivity contribution in [1.29, 1.82) is 0 Å². The molecule has 2 N–H and O–H groups in total. The van der Waals surface area contributed by atoms with Crippen LogP contribution >= 0.6 is 0 Å². The Labute approximate surface area is 88.1 Å². The normalized spacial score (nSPS) is 45.9. The fourth-order valence-corrected chi connectivity index (χ4v) is 3.06. The highest BCUT2D eigenvalue weighted by Gasteiger charge is 2.50. The molecule has 4 atom stereocenters. The summed E-state index contributed by atoms with van der Waals surface area (Å²) in [4.78, 5) is 11.0. The third-order valence-corrected chi connectivity index (χ3v) is 4.13. The number of nitrogens with one attached hydrogen (secondary N) is 1. The molecule has 1 aliphatic heterocycles. The fraction of sp³-hybridized carbons (Fsp3) is 0.636. The van der Waals surface area contributed by atoms with E-state index in [9.17, 15) is 4.79 Å². The number of hydrogen-bond acceptors (Lipinski definition) is 3. The SMILES string of the molecule is C[C@@]12C=C[C@@H]1CC1C(C(=O)O)=NNC1C2. The Kier molecular flexibility index (Phi) is 1.56. The number of allylic oxidation sites excluding steroid dienone is 2. The van der Waals surface area contributed by atoms with Gasteiger partial charge in [0.15, 0.2) is 0 Å². The minimum absolute atomic E-state index is 0.102. The second kappa shape index (κ2) is 2.62. The first-order chi connectivity index (χ1) is 7.10. The van der Waals surface area contributed by atoms with Gasteiger partial charge in [-0.25, -0.2) is 4.79 Å². The number of carboxylic acids is 1. The molecule has 15 heavy (non-hydrogen) atoms. The monoisotopic (exact) mass is 206 g/mol. The molecule has 0 radical (unpaired) electrons. The van der Waals surface area contributed by atoms with Crippen molar-refractivity contribution >= 4 is 11.7 Å². The van der Waals surface area contributed by atoms with Crippen molar-refractivity contribution in [2.24, 2.45) is 22.4 Å². The Balaban J connectivity index is 1.85. The summed E-state index contributed by atoms with van der Waals surface area (Å²) < 4.78 is 0. The maximum atomic E-state index is 11.0. The van der Waals surface area contributed by atoms with Crippen molar-refractivity contribution < 1.29 is 9.90 Å². The van der Waals surface area contributed by atoms with E-state index in [-0.39, 0.29) is 17.4 Å². The smallest absolute Gasteiger partial charge is 0.352 e. The van der Waals surface area contributed by atoms with Gasteiger partial charge in [-0.2, -0.15) is 5.10 Å². The van der Waals surface area contributed by atoms with Gasteiger partial charge in [0.1, 0.15) is 5.71 Å². The summed E-state index contributed by atoms with van der Waals surface area (Å²) in [5.41, 5.74) is 3.57. The van der Waals surface area contributed by atoms with Gasteiger partial charge in [0.05, 0.1) is 6.04 Å². The van der Waals surface area contributed by atoms with Crippen molar-refractivity contribution in [3.8, 4) is 0 Å². The van der Waals surface area contributed by atoms with Crippen LogP contribution in [0.15, 0.2) is 17.3 Å². The molecule has 0 amide bonds. The molecule has 0 aromatic rings. The van der Waals surface area contributed by atoms with E-state index in [4.69, 9.17) is 5.11 Å². The van der Waals surface area contributed by atoms with E-state index in [0.717, 1.165) is 12.8 Å². The summed E-state index contributed by atoms with van der Waals surface area (Å²) >= 11 is 0. The molecule has 0 aromatic carbocycles. The van der Waals surface area contributed by atoms with Crippen LogP contribution in [0.2, 0.25) is 0 Å². The Morgan fingerprint density at radius 2 is 2.53 bits per heavy atom. The highest BCUT2D eigenvalue weighted by Crippen LogP contribution is 2.52. The number of hydrogen-bond donors (Lipinski definition) is 2. The maximum absolute atomic E-state index is 11.0. The van der Waals surface area contributed by atoms with Crippen LogP contribution in [-0.4, -0.2) is 22.8 Å². The predicted molar refractivity (Wildman–Crippen MR) is 55.5 cm³/mol. The van der Waals surface area contributed by atoms with Gasteiger partial charge in [0, 0.05) is 5.92 Å². The van der Waals surface area contributed by atoms with E-state index in [1.807, 2.05) is 0 Å². The van der Waals surface area contributed by atoms with Crippen LogP contribution in [0.3, 0.4) is 0 Å². The second-order valence-electron chi connectivity index (χ2n) is 5.06. The first kappa shape index (κ1) is 8.95. The van der Waals surface area contributed by atoms with E-state index in [2.05, 4.69) is 29.6 Å². The minimum atomic E-state index is -0.873. The number of fused-ring (bicyclic) bond motifs is 2. The number of rotatable bonds is 1. The third-order valence-electron chi connectivity index (χ3n) is 4.13. The summed E-state index contributed by atoms with van der Waals surface area (Å²) in [7, 11) is 0. The molecule has 2 aliphatic carbocycles. The summed E-state index contributed by atoms with van der Waals surface area (Å²) in [6, 6.07) is 0.224. The lowest BCUT2D eigenvalue weighted by Crippen LogP contribution is -2.48. The van der Waals surface area contributed by atoms with Crippen LogP contribution < -0.4 is 5.43 Å². The number of carbonyl (C=O) groups is 1. The molecule has 1 heterocycles. The number of hydrazone groups is 1. The third kappa shape index (κ3) is 1.07. The van der Waals surface area contributed by atoms with Gasteiger partial charge in [0.25, 0.3) is 0 Å². The first-order valence-corrected chi connectivity index (χ1v) is 5.36. The Morgan fingerprint density at radius 3 is 3.13 bits per heavy atom. The predicted octanol–water partition coefficient (Wildman–Crippen LogP) is 1.00. The van der Waals surface area contributed by atoms with Crippen molar-refractivity contribution in [3.05, 3.63) is 12.2 Å². The number of aliphatic carboxylic acids is 1. The van der Waals surface area contributed by atoms with Gasteiger partial charge in [-0.1, -0.05) is 19.1 Å². The van der Waals surface area contributed by atoms with Crippen LogP contribution in [0.1, 0.15) is 19.8 Å². The average molecular weight is 206 g/mol. The molecule has 4 heteroatoms. The highest BCUT2D eigenvalue weighted by atomic mass is 16.4. The van der Waals surface area contributed by atoms with E-state index >= 15 is 0 Å². The number of nitrogens with zero attached hydrogens (tertiary/aromatic N) is 1. The highest BCUT2D eigenvalue weighted by molar-refractivity contribution is 6.37. The Morgan fingerprint density at radius 1 is 1.73 bits per heavy atom. The molecular weight excluding hydrogens is 192 g/mol. The van der Waals surface area contributed by atoms with E-state index in [1.54, 1.807) is 0 Å². The summed E-state index contributed by atoms with van der Waals surface area (Å²) in [6.07, 6.45) is 6.37. The molecule has 3 rings (SSSR count). The van der Waals surface area contributed by atoms with E-state index in [0.29, 0.717) is 11.6 Å². The quantitative estimate of drug-likeness (QED) is 0.629. The lowest BCUT2D eigenvalue weighted by atomic mass is 9.56. The molecule has 3 aliphatic rings. The average Bonchev–Trinajstić information content (AvgIpc) is 2.55. The van der Waals surface area contributed by atoms with Crippen LogP contribution in [0.25, 0.3) is 0 Å². The van der Waals surface area contributed by atoms with Gasteiger partial charge in [-0.15, -0.1) is 0 Å². The summed E-state index contributed by atoms with van der Waals surface area (Å²) in [5, 5.41) is 12.9. The minimum Gasteiger partial charge on any atom is -0.477 e. The molecular formula is C11H14N2O2. The van der Waals surface area contributed by atoms with Gasteiger partial charge < -0.3 is 10.5 Å². The first-order valence-electron chi connectivity index (χ1n) is 5.36. The van der Waals surface area contributed by atoms with Crippen LogP contribution in [0.5, 0.6) is 0 Å². The molecule has 0 spiro atoms. The molecule has 0 aromatic heterocycles. The van der Waals surface area contributed by atoms with Crippen LogP contribution in [0.4, 0.5) is 0 Å². The number of carboxylic acid groups (broad SMARTS) is 1. The summed E-state index contributed by atoms with van der Waals surface area (Å²) in [5.74, 6) is -0.226. The molecule has 1 saturated carbocycles. The van der Waals surface area contributed by atoms with Crippen LogP contribution in [-0.2, 0) is 4.79 Å². The summed E-state index contributed by atoms with van der Waals surface area (Å²) in [6.45, 7) is 2.24. The van der Waals surface area contributed by atoms with Crippen molar-refractivity contribution in [1.82, 2.24) is 5.43 Å². The van der Waals surface area contributed by atoms with Crippen LogP contribution in [0, 0.1) is 17.3 Å². The van der Waals surface area contributed by atoms with Crippen molar-refractivity contribution in [2.45, 2.75) is 25.8 Å². The van der Waals surface area contributed by atoms with Crippen molar-refractivity contribution in [2.75, 3.05) is 0 Å². The fourth-order valence-electron chi connectivity index (χ4n) is 3.06. The lowest BCUT2D eigenvalue weighted by Gasteiger charge is -2.48. The Hall–Kier alpha value is -1.32. The van der Waals surface area contributed by atoms with Gasteiger partial charge in [-0.3, -0.25) is 0 Å². The zero-order valence-electron chi connectivity index (χ0n) is 8.60. The molecule has 80 valence electrons. The largest absolute Gasteiger partial charge is 0.477 e. The lowest BCUT2D eigenvalue weighted by molar-refractivity contribution is -0.129. The van der Waals surface area contributed by atoms with Gasteiger partial charge >= 0.3 is 5.97 Å². The van der Waals surface area contributed by atoms with E-state index in [1.165, 1.54) is 0 Å². The second-order valence-corrected chi connectivity index (χ2v) is 5.06. The van der Waals surface area contributed by atoms with Crippen molar-refractivity contribution in [3.63, 3.8) is 0 Å². The topological polar surface area (TPSA) is 61.7 Å². The van der Waals surface area contributed by atoms with Gasteiger partial charge in [-0.05, 0) is 24.2 Å². The standard InChI is InChI=1S/C11H14N2O2/c1-11-3-2-6(11)4-7-8(5-11)12-13-9(7)10(14)15/h2-3,6-8,12H,4-5H2,1H3,(H,14,15)/t6-,7?,8?,11+/m1/s1. The zero-order valence-corrected chi connectivity index (χ0v) is 8.60. The molecule has 0 bridgehead atoms. The molecule has 1 fully saturated rings. The molecule has 4 nitrogen and oxygen atoms in total. The Bertz CT molecular complexity index is 388. The van der Waals surface area contributed by atoms with E-state index < -0.39 is 5.97 Å². The molecule has 0 saturated heterocycles. The molecule has 2 unspecified atom stereocenters. The maximum Gasteiger partial charge on any atom is 0.352 e. The van der Waals surface area contributed by atoms with Gasteiger partial charge in [0.2, 0.25) is 0 Å². The zero-order chi connectivity index (χ0) is 10.6.